The van der Waals surface area contributed by atoms with Crippen molar-refractivity contribution in [2.24, 2.45) is 0 Å². The van der Waals surface area contributed by atoms with Gasteiger partial charge in [0.2, 0.25) is 0 Å². The van der Waals surface area contributed by atoms with E-state index in [0.717, 1.165) is 33.4 Å². The fraction of sp³-hybridized carbons (Fsp3) is 0.308. The summed E-state index contributed by atoms with van der Waals surface area (Å²) in [5.41, 5.74) is 9.33. The van der Waals surface area contributed by atoms with Crippen molar-refractivity contribution < 1.29 is 10.2 Å². The van der Waals surface area contributed by atoms with E-state index in [-0.39, 0.29) is 10.8 Å². The molecule has 56 heavy (non-hydrogen) atoms. The van der Waals surface area contributed by atoms with E-state index >= 15 is 0 Å². The molecule has 0 aliphatic carbocycles. The Kier molecular flexibility index (Phi) is 11.9. The first-order valence-corrected chi connectivity index (χ1v) is 20.0. The Bertz CT molecular complexity index is 2050. The molecule has 0 heterocycles. The molecule has 4 heteroatoms. The van der Waals surface area contributed by atoms with Crippen LogP contribution in [0.4, 0.5) is 0 Å². The zero-order chi connectivity index (χ0) is 40.1. The van der Waals surface area contributed by atoms with Crippen LogP contribution in [0.5, 0.6) is 11.5 Å². The smallest absolute Gasteiger partial charge is 0.124 e. The fourth-order valence-corrected chi connectivity index (χ4v) is 8.02. The average Bonchev–Trinajstić information content (AvgIpc) is 3.21. The molecular weight excluding hydrogens is 685 g/mol. The van der Waals surface area contributed by atoms with Crippen LogP contribution in [-0.4, -0.2) is 23.3 Å². The maximum absolute atomic E-state index is 11.9. The summed E-state index contributed by atoms with van der Waals surface area (Å²) in [6.45, 7) is 20.2. The van der Waals surface area contributed by atoms with Gasteiger partial charge in [0.05, 0.1) is 0 Å². The predicted octanol–water partition coefficient (Wildman–Crippen LogP) is 11.3. The number of benzene rings is 6. The van der Waals surface area contributed by atoms with Crippen LogP contribution in [0.3, 0.4) is 0 Å². The fourth-order valence-electron chi connectivity index (χ4n) is 8.02. The van der Waals surface area contributed by atoms with E-state index in [1.807, 2.05) is 12.1 Å². The molecule has 6 rings (SSSR count). The zero-order valence-corrected chi connectivity index (χ0v) is 34.6. The second kappa shape index (κ2) is 16.5. The maximum atomic E-state index is 11.9. The maximum Gasteiger partial charge on any atom is 0.124 e. The van der Waals surface area contributed by atoms with E-state index in [2.05, 4.69) is 199 Å². The summed E-state index contributed by atoms with van der Waals surface area (Å²) in [7, 11) is 0. The van der Waals surface area contributed by atoms with E-state index in [0.29, 0.717) is 37.7 Å². The highest BCUT2D eigenvalue weighted by molar-refractivity contribution is 5.56. The van der Waals surface area contributed by atoms with Crippen LogP contribution in [0.25, 0.3) is 0 Å². The van der Waals surface area contributed by atoms with Gasteiger partial charge in [-0.25, -0.2) is 0 Å². The van der Waals surface area contributed by atoms with E-state index in [1.54, 1.807) is 0 Å². The van der Waals surface area contributed by atoms with Crippen molar-refractivity contribution in [3.8, 4) is 11.5 Å². The molecule has 4 N–H and O–H groups in total. The number of hydrogen-bond donors (Lipinski definition) is 4. The molecule has 4 nitrogen and oxygen atoms in total. The molecule has 0 atom stereocenters. The number of aromatic hydroxyl groups is 2. The van der Waals surface area contributed by atoms with Crippen molar-refractivity contribution in [1.82, 2.24) is 10.6 Å². The molecular formula is C52H60N2O2. The minimum absolute atomic E-state index is 0.271. The van der Waals surface area contributed by atoms with Gasteiger partial charge in [-0.15, -0.1) is 0 Å². The lowest BCUT2D eigenvalue weighted by Gasteiger charge is -2.33. The zero-order valence-electron chi connectivity index (χ0n) is 34.6. The van der Waals surface area contributed by atoms with Crippen LogP contribution in [-0.2, 0) is 34.7 Å². The normalized spacial score (nSPS) is 12.5. The lowest BCUT2D eigenvalue weighted by atomic mass is 9.72. The first kappa shape index (κ1) is 40.5. The topological polar surface area (TPSA) is 64.5 Å². The summed E-state index contributed by atoms with van der Waals surface area (Å²) < 4.78 is 0. The van der Waals surface area contributed by atoms with Crippen molar-refractivity contribution in [1.29, 1.82) is 0 Å². The van der Waals surface area contributed by atoms with Gasteiger partial charge in [0.15, 0.2) is 0 Å². The Labute approximate surface area is 335 Å². The molecule has 6 aromatic carbocycles. The second-order valence-corrected chi connectivity index (χ2v) is 17.4. The van der Waals surface area contributed by atoms with Gasteiger partial charge >= 0.3 is 0 Å². The first-order chi connectivity index (χ1) is 26.6. The summed E-state index contributed by atoms with van der Waals surface area (Å²) in [6.07, 6.45) is 0. The van der Waals surface area contributed by atoms with Gasteiger partial charge in [-0.3, -0.25) is 0 Å². The molecule has 0 aliphatic heterocycles. The van der Waals surface area contributed by atoms with E-state index < -0.39 is 10.8 Å². The molecule has 6 aromatic rings. The third-order valence-corrected chi connectivity index (χ3v) is 12.3. The number of hydrogen-bond acceptors (Lipinski definition) is 4. The quantitative estimate of drug-likeness (QED) is 0.0791. The van der Waals surface area contributed by atoms with Crippen molar-refractivity contribution in [3.05, 3.63) is 201 Å². The van der Waals surface area contributed by atoms with Crippen LogP contribution in [0.1, 0.15) is 111 Å². The highest BCUT2D eigenvalue weighted by Gasteiger charge is 2.33. The standard InChI is InChI=1S/C52H60N2O2/c1-49(2,39-21-13-9-14-22-39)43-31-37(47(55)45(33-43)51(5,6)41-25-17-11-18-26-41)35-53-29-30-54-36-38-32-44(50(3,4)40-23-15-10-16-24-40)34-46(48(38)56)52(7,8)42-27-19-12-20-28-42/h9-28,31-34,53-56H,29-30,35-36H2,1-8H3. The highest BCUT2D eigenvalue weighted by Crippen LogP contribution is 2.44. The van der Waals surface area contributed by atoms with Gasteiger partial charge in [-0.2, -0.15) is 0 Å². The molecule has 0 saturated carbocycles. The highest BCUT2D eigenvalue weighted by atomic mass is 16.3. The van der Waals surface area contributed by atoms with Crippen molar-refractivity contribution >= 4 is 0 Å². The molecule has 0 amide bonds. The lowest BCUT2D eigenvalue weighted by Crippen LogP contribution is -2.28. The Hall–Kier alpha value is -5.16. The van der Waals surface area contributed by atoms with Gasteiger partial charge in [0.1, 0.15) is 11.5 Å². The van der Waals surface area contributed by atoms with Gasteiger partial charge < -0.3 is 20.8 Å². The van der Waals surface area contributed by atoms with E-state index in [1.165, 1.54) is 22.3 Å². The minimum Gasteiger partial charge on any atom is -0.507 e. The summed E-state index contributed by atoms with van der Waals surface area (Å²) in [5, 5.41) is 31.0. The Morgan fingerprint density at radius 1 is 0.357 bits per heavy atom. The van der Waals surface area contributed by atoms with Crippen molar-refractivity contribution in [3.63, 3.8) is 0 Å². The summed E-state index contributed by atoms with van der Waals surface area (Å²) >= 11 is 0. The van der Waals surface area contributed by atoms with Gasteiger partial charge in [-0.1, -0.05) is 189 Å². The number of nitrogens with one attached hydrogen (secondary N) is 2. The molecule has 0 aromatic heterocycles. The van der Waals surface area contributed by atoms with Crippen LogP contribution in [0, 0.1) is 0 Å². The first-order valence-electron chi connectivity index (χ1n) is 20.0. The summed E-state index contributed by atoms with van der Waals surface area (Å²) in [5.74, 6) is 0.673. The number of rotatable bonds is 15. The molecule has 0 saturated heterocycles. The van der Waals surface area contributed by atoms with Crippen LogP contribution in [0.15, 0.2) is 146 Å². The molecule has 290 valence electrons. The van der Waals surface area contributed by atoms with Gasteiger partial charge in [-0.05, 0) is 45.5 Å². The second-order valence-electron chi connectivity index (χ2n) is 17.4. The third-order valence-electron chi connectivity index (χ3n) is 12.3. The lowest BCUT2D eigenvalue weighted by molar-refractivity contribution is 0.438. The molecule has 0 aliphatic rings. The van der Waals surface area contributed by atoms with E-state index in [4.69, 9.17) is 0 Å². The van der Waals surface area contributed by atoms with E-state index in [9.17, 15) is 10.2 Å². The Morgan fingerprint density at radius 3 is 0.911 bits per heavy atom. The number of phenolic OH excluding ortho intramolecular Hbond substituents is 2. The SMILES string of the molecule is CC(C)(c1ccccc1)c1cc(CNCCNCc2cc(C(C)(C)c3ccccc3)cc(C(C)(C)c3ccccc3)c2O)c(O)c(C(C)(C)c2ccccc2)c1. The van der Waals surface area contributed by atoms with Crippen molar-refractivity contribution in [2.45, 2.75) is 90.1 Å². The minimum atomic E-state index is -0.413. The molecule has 0 fully saturated rings. The largest absolute Gasteiger partial charge is 0.507 e. The Morgan fingerprint density at radius 2 is 0.625 bits per heavy atom. The van der Waals surface area contributed by atoms with Crippen LogP contribution >= 0.6 is 0 Å². The molecule has 0 unspecified atom stereocenters. The molecule has 0 bridgehead atoms. The number of phenols is 2. The van der Waals surface area contributed by atoms with Crippen LogP contribution in [0.2, 0.25) is 0 Å². The monoisotopic (exact) mass is 744 g/mol. The predicted molar refractivity (Wildman–Crippen MR) is 234 cm³/mol. The van der Waals surface area contributed by atoms with Crippen molar-refractivity contribution in [2.75, 3.05) is 13.1 Å². The summed E-state index contributed by atoms with van der Waals surface area (Å²) in [6, 6.07) is 50.8. The Balaban J connectivity index is 1.23. The summed E-state index contributed by atoms with van der Waals surface area (Å²) in [4.78, 5) is 0. The molecule has 0 radical (unpaired) electrons. The van der Waals surface area contributed by atoms with Gasteiger partial charge in [0.25, 0.3) is 0 Å². The third kappa shape index (κ3) is 8.33. The van der Waals surface area contributed by atoms with Crippen LogP contribution < -0.4 is 10.6 Å². The van der Waals surface area contributed by atoms with Gasteiger partial charge in [0, 0.05) is 70.1 Å². The average molecular weight is 745 g/mol. The molecule has 0 spiro atoms.